The van der Waals surface area contributed by atoms with Gasteiger partial charge in [0.05, 0.1) is 0 Å². The quantitative estimate of drug-likeness (QED) is 0.561. The average molecular weight is 201 g/mol. The van der Waals surface area contributed by atoms with Crippen LogP contribution < -0.4 is 0 Å². The summed E-state index contributed by atoms with van der Waals surface area (Å²) in [5, 5.41) is 0. The van der Waals surface area contributed by atoms with Crippen LogP contribution in [0.15, 0.2) is 23.1 Å². The summed E-state index contributed by atoms with van der Waals surface area (Å²) in [4.78, 5) is 1.07. The predicted octanol–water partition coefficient (Wildman–Crippen LogP) is 3.46. The molecule has 2 heteroatoms. The van der Waals surface area contributed by atoms with Crippen LogP contribution in [0.25, 0.3) is 0 Å². The largest absolute Gasteiger partial charge is 0.143 e. The van der Waals surface area contributed by atoms with E-state index in [0.29, 0.717) is 0 Å². The Morgan fingerprint density at radius 1 is 1.42 bits per heavy atom. The van der Waals surface area contributed by atoms with Crippen LogP contribution in [0.4, 0.5) is 0 Å². The summed E-state index contributed by atoms with van der Waals surface area (Å²) in [6, 6.07) is 6.20. The number of benzene rings is 1. The highest BCUT2D eigenvalue weighted by molar-refractivity contribution is 7.80. The summed E-state index contributed by atoms with van der Waals surface area (Å²) >= 11 is 9.98. The van der Waals surface area contributed by atoms with Crippen LogP contribution in [0.3, 0.4) is 0 Å². The Balaban J connectivity index is 2.78. The summed E-state index contributed by atoms with van der Waals surface area (Å²) in [5.41, 5.74) is 2.65. The normalized spacial score (nSPS) is 10.2. The second-order valence-electron chi connectivity index (χ2n) is 2.85. The van der Waals surface area contributed by atoms with E-state index in [2.05, 4.69) is 25.6 Å². The molecule has 0 heterocycles. The predicted molar refractivity (Wildman–Crippen MR) is 57.5 cm³/mol. The highest BCUT2D eigenvalue weighted by atomic mass is 35.5. The molecule has 0 bridgehead atoms. The van der Waals surface area contributed by atoms with Gasteiger partial charge in [0, 0.05) is 10.8 Å². The lowest BCUT2D eigenvalue weighted by Gasteiger charge is -2.06. The first-order chi connectivity index (χ1) is 5.75. The van der Waals surface area contributed by atoms with Crippen molar-refractivity contribution >= 4 is 24.2 Å². The third kappa shape index (κ3) is 2.43. The Morgan fingerprint density at radius 3 is 2.83 bits per heavy atom. The Kier molecular flexibility index (Phi) is 3.96. The van der Waals surface area contributed by atoms with Gasteiger partial charge in [-0.15, -0.1) is 24.2 Å². The molecule has 0 aliphatic heterocycles. The Morgan fingerprint density at radius 2 is 2.17 bits per heavy atom. The van der Waals surface area contributed by atoms with Gasteiger partial charge in [-0.25, -0.2) is 0 Å². The van der Waals surface area contributed by atoms with Crippen molar-refractivity contribution in [1.29, 1.82) is 0 Å². The van der Waals surface area contributed by atoms with E-state index in [1.54, 1.807) is 0 Å². The minimum absolute atomic E-state index is 0.732. The van der Waals surface area contributed by atoms with Crippen molar-refractivity contribution in [2.75, 3.05) is 5.88 Å². The third-order valence-corrected chi connectivity index (χ3v) is 2.75. The third-order valence-electron chi connectivity index (χ3n) is 2.00. The molecule has 0 amide bonds. The van der Waals surface area contributed by atoms with Gasteiger partial charge in [0.2, 0.25) is 0 Å². The van der Waals surface area contributed by atoms with E-state index in [-0.39, 0.29) is 0 Å². The molecule has 0 nitrogen and oxygen atoms in total. The minimum Gasteiger partial charge on any atom is -0.143 e. The lowest BCUT2D eigenvalue weighted by Crippen LogP contribution is -1.91. The number of alkyl halides is 1. The molecule has 0 aliphatic rings. The van der Waals surface area contributed by atoms with Crippen molar-refractivity contribution in [3.8, 4) is 0 Å². The molecule has 12 heavy (non-hydrogen) atoms. The SMILES string of the molecule is Cc1c(S)cccc1CCCCl. The zero-order valence-electron chi connectivity index (χ0n) is 7.18. The maximum atomic E-state index is 5.62. The lowest BCUT2D eigenvalue weighted by atomic mass is 10.0. The number of hydrogen-bond donors (Lipinski definition) is 1. The molecule has 0 N–H and O–H groups in total. The Bertz CT molecular complexity index is 258. The standard InChI is InChI=1S/C10H13ClS/c1-8-9(5-3-7-11)4-2-6-10(8)12/h2,4,6,12H,3,5,7H2,1H3. The molecule has 0 aromatic heterocycles. The van der Waals surface area contributed by atoms with Crippen molar-refractivity contribution in [3.63, 3.8) is 0 Å². The van der Waals surface area contributed by atoms with Gasteiger partial charge < -0.3 is 0 Å². The monoisotopic (exact) mass is 200 g/mol. The van der Waals surface area contributed by atoms with Gasteiger partial charge in [-0.1, -0.05) is 12.1 Å². The second kappa shape index (κ2) is 4.78. The lowest BCUT2D eigenvalue weighted by molar-refractivity contribution is 0.912. The zero-order valence-corrected chi connectivity index (χ0v) is 8.83. The molecule has 0 unspecified atom stereocenters. The van der Waals surface area contributed by atoms with Crippen LogP contribution in [-0.4, -0.2) is 5.88 Å². The molecule has 1 aromatic carbocycles. The molecule has 1 aromatic rings. The highest BCUT2D eigenvalue weighted by Crippen LogP contribution is 2.18. The van der Waals surface area contributed by atoms with E-state index in [4.69, 9.17) is 11.6 Å². The average Bonchev–Trinajstić information content (AvgIpc) is 2.08. The smallest absolute Gasteiger partial charge is 0.0226 e. The first kappa shape index (κ1) is 9.94. The topological polar surface area (TPSA) is 0 Å². The number of thiol groups is 1. The number of halogens is 1. The van der Waals surface area contributed by atoms with Gasteiger partial charge in [0.1, 0.15) is 0 Å². The summed E-state index contributed by atoms with van der Waals surface area (Å²) in [5.74, 6) is 0.732. The summed E-state index contributed by atoms with van der Waals surface area (Å²) in [7, 11) is 0. The van der Waals surface area contributed by atoms with E-state index in [1.807, 2.05) is 12.1 Å². The summed E-state index contributed by atoms with van der Waals surface area (Å²) in [6.07, 6.45) is 2.10. The van der Waals surface area contributed by atoms with Crippen LogP contribution in [0, 0.1) is 6.92 Å². The van der Waals surface area contributed by atoms with E-state index >= 15 is 0 Å². The van der Waals surface area contributed by atoms with E-state index in [0.717, 1.165) is 23.6 Å². The summed E-state index contributed by atoms with van der Waals surface area (Å²) in [6.45, 7) is 2.10. The van der Waals surface area contributed by atoms with Gasteiger partial charge in [-0.05, 0) is 37.0 Å². The molecule has 0 aliphatic carbocycles. The molecule has 66 valence electrons. The molecule has 0 spiro atoms. The van der Waals surface area contributed by atoms with Crippen molar-refractivity contribution in [3.05, 3.63) is 29.3 Å². The van der Waals surface area contributed by atoms with Crippen LogP contribution >= 0.6 is 24.2 Å². The van der Waals surface area contributed by atoms with Gasteiger partial charge in [0.15, 0.2) is 0 Å². The van der Waals surface area contributed by atoms with Crippen molar-refractivity contribution in [2.24, 2.45) is 0 Å². The van der Waals surface area contributed by atoms with Gasteiger partial charge in [-0.3, -0.25) is 0 Å². The molecule has 1 rings (SSSR count). The van der Waals surface area contributed by atoms with Crippen LogP contribution in [0.5, 0.6) is 0 Å². The first-order valence-corrected chi connectivity index (χ1v) is 5.07. The zero-order chi connectivity index (χ0) is 8.97. The fourth-order valence-electron chi connectivity index (χ4n) is 1.20. The second-order valence-corrected chi connectivity index (χ2v) is 3.71. The van der Waals surface area contributed by atoms with E-state index in [1.165, 1.54) is 11.1 Å². The summed E-state index contributed by atoms with van der Waals surface area (Å²) < 4.78 is 0. The number of aryl methyl sites for hydroxylation is 1. The molecular weight excluding hydrogens is 188 g/mol. The molecule has 0 saturated carbocycles. The molecular formula is C10H13ClS. The van der Waals surface area contributed by atoms with Crippen LogP contribution in [0.1, 0.15) is 17.5 Å². The number of rotatable bonds is 3. The molecule has 0 fully saturated rings. The fourth-order valence-corrected chi connectivity index (χ4v) is 1.56. The first-order valence-electron chi connectivity index (χ1n) is 4.09. The maximum Gasteiger partial charge on any atom is 0.0226 e. The van der Waals surface area contributed by atoms with Gasteiger partial charge in [-0.2, -0.15) is 0 Å². The van der Waals surface area contributed by atoms with Crippen LogP contribution in [0.2, 0.25) is 0 Å². The molecule has 0 radical (unpaired) electrons. The van der Waals surface area contributed by atoms with E-state index < -0.39 is 0 Å². The maximum absolute atomic E-state index is 5.62. The Labute approximate surface area is 84.3 Å². The van der Waals surface area contributed by atoms with E-state index in [9.17, 15) is 0 Å². The minimum atomic E-state index is 0.732. The fraction of sp³-hybridized carbons (Fsp3) is 0.400. The molecule has 0 saturated heterocycles. The van der Waals surface area contributed by atoms with Crippen molar-refractivity contribution in [2.45, 2.75) is 24.7 Å². The van der Waals surface area contributed by atoms with Crippen molar-refractivity contribution < 1.29 is 0 Å². The number of hydrogen-bond acceptors (Lipinski definition) is 1. The molecule has 0 atom stereocenters. The van der Waals surface area contributed by atoms with Gasteiger partial charge >= 0.3 is 0 Å². The van der Waals surface area contributed by atoms with Crippen LogP contribution in [-0.2, 0) is 6.42 Å². The van der Waals surface area contributed by atoms with Crippen molar-refractivity contribution in [1.82, 2.24) is 0 Å². The Hall–Kier alpha value is -0.140. The van der Waals surface area contributed by atoms with Gasteiger partial charge in [0.25, 0.3) is 0 Å². The highest BCUT2D eigenvalue weighted by Gasteiger charge is 1.99.